The van der Waals surface area contributed by atoms with E-state index in [1.165, 1.54) is 41.0 Å². The molecule has 7 nitrogen and oxygen atoms in total. The SMILES string of the molecule is CC(=O)N1CC2(C1)C(=O)N(c1ccc(C#N)cc1F)CC(=O)N2[C@H](C)c1ccc(C(F)(F)F)cc1. The Labute approximate surface area is 198 Å². The summed E-state index contributed by atoms with van der Waals surface area (Å²) >= 11 is 0. The van der Waals surface area contributed by atoms with Crippen LogP contribution in [-0.2, 0) is 20.6 Å². The largest absolute Gasteiger partial charge is 0.416 e. The van der Waals surface area contributed by atoms with Crippen molar-refractivity contribution >= 4 is 23.4 Å². The molecule has 182 valence electrons. The molecule has 35 heavy (non-hydrogen) atoms. The minimum absolute atomic E-state index is 0.0423. The van der Waals surface area contributed by atoms with Crippen LogP contribution in [0.2, 0.25) is 0 Å². The third kappa shape index (κ3) is 3.99. The average molecular weight is 488 g/mol. The van der Waals surface area contributed by atoms with Gasteiger partial charge in [-0.3, -0.25) is 19.3 Å². The van der Waals surface area contributed by atoms with Crippen LogP contribution >= 0.6 is 0 Å². The van der Waals surface area contributed by atoms with Gasteiger partial charge in [0.05, 0.1) is 42.0 Å². The number of hydrogen-bond acceptors (Lipinski definition) is 4. The lowest BCUT2D eigenvalue weighted by atomic mass is 9.81. The first-order valence-electron chi connectivity index (χ1n) is 10.7. The topological polar surface area (TPSA) is 84.7 Å². The lowest BCUT2D eigenvalue weighted by Gasteiger charge is -2.59. The van der Waals surface area contributed by atoms with E-state index in [1.54, 1.807) is 13.0 Å². The molecule has 1 atom stereocenters. The van der Waals surface area contributed by atoms with Gasteiger partial charge in [-0.1, -0.05) is 12.1 Å². The van der Waals surface area contributed by atoms with Gasteiger partial charge in [-0.15, -0.1) is 0 Å². The molecule has 0 N–H and O–H groups in total. The number of rotatable bonds is 3. The minimum atomic E-state index is -4.53. The first-order valence-corrected chi connectivity index (χ1v) is 10.7. The third-order valence-electron chi connectivity index (χ3n) is 6.49. The Morgan fingerprint density at radius 3 is 2.26 bits per heavy atom. The van der Waals surface area contributed by atoms with E-state index in [1.807, 2.05) is 0 Å². The van der Waals surface area contributed by atoms with Crippen LogP contribution in [0.25, 0.3) is 0 Å². The molecule has 2 aromatic carbocycles. The van der Waals surface area contributed by atoms with Crippen LogP contribution in [0.4, 0.5) is 23.2 Å². The molecule has 0 unspecified atom stereocenters. The van der Waals surface area contributed by atoms with Crippen LogP contribution in [0, 0.1) is 17.1 Å². The van der Waals surface area contributed by atoms with Gasteiger partial charge in [-0.2, -0.15) is 18.4 Å². The summed E-state index contributed by atoms with van der Waals surface area (Å²) in [6.45, 7) is 2.13. The van der Waals surface area contributed by atoms with Crippen molar-refractivity contribution in [3.05, 3.63) is 65.0 Å². The van der Waals surface area contributed by atoms with E-state index in [-0.39, 0.29) is 30.2 Å². The van der Waals surface area contributed by atoms with E-state index >= 15 is 0 Å². The zero-order valence-electron chi connectivity index (χ0n) is 18.8. The van der Waals surface area contributed by atoms with Crippen molar-refractivity contribution in [2.75, 3.05) is 24.5 Å². The molecule has 2 heterocycles. The third-order valence-corrected chi connectivity index (χ3v) is 6.49. The molecule has 2 fully saturated rings. The van der Waals surface area contributed by atoms with E-state index in [9.17, 15) is 31.9 Å². The number of nitriles is 1. The van der Waals surface area contributed by atoms with Gasteiger partial charge in [0.25, 0.3) is 5.91 Å². The Morgan fingerprint density at radius 1 is 1.11 bits per heavy atom. The average Bonchev–Trinajstić information content (AvgIpc) is 2.77. The molecule has 4 rings (SSSR count). The van der Waals surface area contributed by atoms with Crippen LogP contribution in [0.15, 0.2) is 42.5 Å². The summed E-state index contributed by atoms with van der Waals surface area (Å²) in [6.07, 6.45) is -4.53. The maximum absolute atomic E-state index is 14.7. The lowest BCUT2D eigenvalue weighted by Crippen LogP contribution is -2.81. The number of carbonyl (C=O) groups excluding carboxylic acids is 3. The molecule has 2 aliphatic rings. The number of amides is 3. The molecule has 11 heteroatoms. The first kappa shape index (κ1) is 24.2. The number of likely N-dealkylation sites (tertiary alicyclic amines) is 1. The maximum Gasteiger partial charge on any atom is 0.416 e. The highest BCUT2D eigenvalue weighted by Crippen LogP contribution is 2.41. The smallest absolute Gasteiger partial charge is 0.337 e. The normalized spacial score (nSPS) is 18.4. The Morgan fingerprint density at radius 2 is 1.74 bits per heavy atom. The molecule has 0 aromatic heterocycles. The van der Waals surface area contributed by atoms with E-state index in [4.69, 9.17) is 5.26 Å². The Balaban J connectivity index is 1.72. The Kier molecular flexibility index (Phi) is 5.79. The van der Waals surface area contributed by atoms with Gasteiger partial charge in [0.2, 0.25) is 11.8 Å². The van der Waals surface area contributed by atoms with Crippen molar-refractivity contribution in [3.8, 4) is 6.07 Å². The summed E-state index contributed by atoms with van der Waals surface area (Å²) in [5.41, 5.74) is -2.12. The molecule has 0 radical (unpaired) electrons. The highest BCUT2D eigenvalue weighted by Gasteiger charge is 2.61. The molecule has 1 spiro atoms. The number of alkyl halides is 3. The van der Waals surface area contributed by atoms with E-state index in [2.05, 4.69) is 0 Å². The van der Waals surface area contributed by atoms with Crippen molar-refractivity contribution in [2.24, 2.45) is 0 Å². The second-order valence-electron chi connectivity index (χ2n) is 8.64. The van der Waals surface area contributed by atoms with Crippen molar-refractivity contribution < 1.29 is 31.9 Å². The Hall–Kier alpha value is -3.94. The molecule has 2 aliphatic heterocycles. The summed E-state index contributed by atoms with van der Waals surface area (Å²) < 4.78 is 53.7. The number of benzene rings is 2. The first-order chi connectivity index (χ1) is 16.4. The van der Waals surface area contributed by atoms with Gasteiger partial charge in [0.15, 0.2) is 5.54 Å². The van der Waals surface area contributed by atoms with Gasteiger partial charge in [-0.05, 0) is 42.8 Å². The number of carbonyl (C=O) groups is 3. The predicted octanol–water partition coefficient (Wildman–Crippen LogP) is 3.25. The van der Waals surface area contributed by atoms with Crippen LogP contribution in [0.3, 0.4) is 0 Å². The summed E-state index contributed by atoms with van der Waals surface area (Å²) in [7, 11) is 0. The second-order valence-corrected chi connectivity index (χ2v) is 8.64. The fraction of sp³-hybridized carbons (Fsp3) is 0.333. The Bertz CT molecular complexity index is 1250. The molecule has 0 bridgehead atoms. The highest BCUT2D eigenvalue weighted by molar-refractivity contribution is 6.11. The maximum atomic E-state index is 14.7. The van der Waals surface area contributed by atoms with Gasteiger partial charge in [-0.25, -0.2) is 4.39 Å². The molecule has 0 saturated carbocycles. The molecule has 0 aliphatic carbocycles. The fourth-order valence-electron chi connectivity index (χ4n) is 4.65. The predicted molar refractivity (Wildman–Crippen MR) is 115 cm³/mol. The number of hydrogen-bond donors (Lipinski definition) is 0. The van der Waals surface area contributed by atoms with E-state index in [0.717, 1.165) is 23.1 Å². The quantitative estimate of drug-likeness (QED) is 0.621. The van der Waals surface area contributed by atoms with Gasteiger partial charge in [0.1, 0.15) is 12.4 Å². The zero-order chi connectivity index (χ0) is 25.7. The molecule has 3 amide bonds. The summed E-state index contributed by atoms with van der Waals surface area (Å²) in [5, 5.41) is 8.98. The van der Waals surface area contributed by atoms with Gasteiger partial charge >= 0.3 is 6.18 Å². The van der Waals surface area contributed by atoms with Crippen LogP contribution in [-0.4, -0.2) is 52.7 Å². The van der Waals surface area contributed by atoms with Crippen molar-refractivity contribution in [1.29, 1.82) is 5.26 Å². The van der Waals surface area contributed by atoms with Crippen molar-refractivity contribution in [1.82, 2.24) is 9.80 Å². The van der Waals surface area contributed by atoms with Crippen LogP contribution in [0.5, 0.6) is 0 Å². The summed E-state index contributed by atoms with van der Waals surface area (Å²) in [6, 6.07) is 8.80. The van der Waals surface area contributed by atoms with Gasteiger partial charge in [0, 0.05) is 6.92 Å². The number of anilines is 1. The monoisotopic (exact) mass is 488 g/mol. The minimum Gasteiger partial charge on any atom is -0.337 e. The molecular formula is C24H20F4N4O3. The van der Waals surface area contributed by atoms with Gasteiger partial charge < -0.3 is 9.80 Å². The summed E-state index contributed by atoms with van der Waals surface area (Å²) in [5.74, 6) is -2.34. The number of nitrogens with zero attached hydrogens (tertiary/aromatic N) is 4. The van der Waals surface area contributed by atoms with Crippen LogP contribution < -0.4 is 4.90 Å². The van der Waals surface area contributed by atoms with Crippen molar-refractivity contribution in [2.45, 2.75) is 31.6 Å². The lowest BCUT2D eigenvalue weighted by molar-refractivity contribution is -0.172. The van der Waals surface area contributed by atoms with Crippen molar-refractivity contribution in [3.63, 3.8) is 0 Å². The fourth-order valence-corrected chi connectivity index (χ4v) is 4.65. The number of piperazine rings is 1. The molecule has 2 saturated heterocycles. The van der Waals surface area contributed by atoms with E-state index in [0.29, 0.717) is 5.56 Å². The zero-order valence-corrected chi connectivity index (χ0v) is 18.8. The van der Waals surface area contributed by atoms with E-state index < -0.39 is 47.5 Å². The standard InChI is InChI=1S/C24H20F4N4O3/c1-14(17-4-6-18(7-5-17)24(26,27)28)32-21(34)11-31(20-8-3-16(10-29)9-19(20)25)22(35)23(32)12-30(13-23)15(2)33/h3-9,14H,11-13H2,1-2H3/t14-/m1/s1. The summed E-state index contributed by atoms with van der Waals surface area (Å²) in [4.78, 5) is 42.6. The highest BCUT2D eigenvalue weighted by atomic mass is 19.4. The van der Waals surface area contributed by atoms with Crippen LogP contribution in [0.1, 0.15) is 36.6 Å². The molecule has 2 aromatic rings. The molecular weight excluding hydrogens is 468 g/mol. The number of halogens is 4. The second kappa shape index (κ2) is 8.37.